The maximum absolute atomic E-state index is 11.9. The molecule has 2 N–H and O–H groups in total. The fourth-order valence-electron chi connectivity index (χ4n) is 3.26. The molecule has 19 heavy (non-hydrogen) atoms. The Morgan fingerprint density at radius 3 is 2.21 bits per heavy atom. The quantitative estimate of drug-likeness (QED) is 0.783. The van der Waals surface area contributed by atoms with Crippen molar-refractivity contribution in [3.8, 4) is 0 Å². The Hall–Kier alpha value is -0.0900. The van der Waals surface area contributed by atoms with Gasteiger partial charge < -0.3 is 5.73 Å². The maximum Gasteiger partial charge on any atom is 0.150 e. The molecule has 0 heterocycles. The Balaban J connectivity index is 2.54. The van der Waals surface area contributed by atoms with Crippen molar-refractivity contribution in [3.05, 3.63) is 0 Å². The fourth-order valence-corrected chi connectivity index (χ4v) is 4.83. The summed E-state index contributed by atoms with van der Waals surface area (Å²) in [4.78, 5) is 0. The summed E-state index contributed by atoms with van der Waals surface area (Å²) in [5.74, 6) is 2.18. The molecule has 4 heteroatoms. The van der Waals surface area contributed by atoms with E-state index in [4.69, 9.17) is 5.73 Å². The zero-order valence-electron chi connectivity index (χ0n) is 12.8. The molecule has 1 aliphatic rings. The normalized spacial score (nSPS) is 28.8. The van der Waals surface area contributed by atoms with Crippen molar-refractivity contribution in [2.45, 2.75) is 59.3 Å². The number of rotatable bonds is 7. The van der Waals surface area contributed by atoms with E-state index in [2.05, 4.69) is 13.8 Å². The van der Waals surface area contributed by atoms with Gasteiger partial charge in [-0.15, -0.1) is 0 Å². The van der Waals surface area contributed by atoms with Crippen LogP contribution in [0.4, 0.5) is 0 Å². The Bertz CT molecular complexity index is 354. The van der Waals surface area contributed by atoms with Crippen molar-refractivity contribution in [2.24, 2.45) is 23.0 Å². The Kier molecular flexibility index (Phi) is 6.31. The molecule has 0 spiro atoms. The van der Waals surface area contributed by atoms with Crippen LogP contribution < -0.4 is 5.73 Å². The maximum atomic E-state index is 11.9. The van der Waals surface area contributed by atoms with Gasteiger partial charge in [-0.1, -0.05) is 20.8 Å². The third-order valence-corrected chi connectivity index (χ3v) is 6.78. The molecule has 0 saturated heterocycles. The Labute approximate surface area is 119 Å². The predicted molar refractivity (Wildman–Crippen MR) is 81.8 cm³/mol. The van der Waals surface area contributed by atoms with Gasteiger partial charge in [-0.25, -0.2) is 8.42 Å². The topological polar surface area (TPSA) is 60.2 Å². The highest BCUT2D eigenvalue weighted by Gasteiger charge is 2.35. The molecule has 0 unspecified atom stereocenters. The third kappa shape index (κ3) is 5.07. The van der Waals surface area contributed by atoms with Gasteiger partial charge in [0.15, 0.2) is 0 Å². The number of nitrogens with two attached hydrogens (primary N) is 1. The summed E-state index contributed by atoms with van der Waals surface area (Å²) in [7, 11) is -2.86. The molecule has 0 aromatic rings. The predicted octanol–water partition coefficient (Wildman–Crippen LogP) is 2.99. The minimum atomic E-state index is -2.86. The molecule has 0 aliphatic heterocycles. The van der Waals surface area contributed by atoms with Crippen LogP contribution >= 0.6 is 0 Å². The van der Waals surface area contributed by atoms with E-state index in [9.17, 15) is 8.42 Å². The first kappa shape index (κ1) is 17.0. The van der Waals surface area contributed by atoms with Gasteiger partial charge in [0.1, 0.15) is 9.84 Å². The summed E-state index contributed by atoms with van der Waals surface area (Å²) < 4.78 is 23.7. The van der Waals surface area contributed by atoms with Gasteiger partial charge in [0.25, 0.3) is 0 Å². The molecule has 1 fully saturated rings. The molecule has 0 aromatic carbocycles. The van der Waals surface area contributed by atoms with Crippen LogP contribution in [-0.4, -0.2) is 26.5 Å². The second kappa shape index (κ2) is 7.07. The molecule has 1 rings (SSSR count). The first-order chi connectivity index (χ1) is 8.84. The number of hydrogen-bond donors (Lipinski definition) is 1. The molecule has 0 amide bonds. The summed E-state index contributed by atoms with van der Waals surface area (Å²) in [5, 5.41) is 0. The van der Waals surface area contributed by atoms with Crippen molar-refractivity contribution < 1.29 is 8.42 Å². The van der Waals surface area contributed by atoms with Crippen LogP contribution in [0.3, 0.4) is 0 Å². The van der Waals surface area contributed by atoms with Gasteiger partial charge in [0.05, 0.1) is 5.75 Å². The van der Waals surface area contributed by atoms with Crippen LogP contribution in [0, 0.1) is 17.3 Å². The van der Waals surface area contributed by atoms with E-state index in [0.717, 1.165) is 31.1 Å². The van der Waals surface area contributed by atoms with Gasteiger partial charge in [-0.05, 0) is 62.3 Å². The van der Waals surface area contributed by atoms with Gasteiger partial charge in [-0.3, -0.25) is 0 Å². The third-order valence-electron chi connectivity index (χ3n) is 4.93. The van der Waals surface area contributed by atoms with Crippen molar-refractivity contribution in [2.75, 3.05) is 18.1 Å². The van der Waals surface area contributed by atoms with Crippen molar-refractivity contribution in [1.82, 2.24) is 0 Å². The summed E-state index contributed by atoms with van der Waals surface area (Å²) >= 11 is 0. The van der Waals surface area contributed by atoms with Crippen molar-refractivity contribution >= 4 is 9.84 Å². The monoisotopic (exact) mass is 289 g/mol. The minimum Gasteiger partial charge on any atom is -0.330 e. The molecule has 0 atom stereocenters. The highest BCUT2D eigenvalue weighted by atomic mass is 32.2. The Morgan fingerprint density at radius 2 is 1.79 bits per heavy atom. The molecular weight excluding hydrogens is 258 g/mol. The zero-order chi connectivity index (χ0) is 14.5. The van der Waals surface area contributed by atoms with Crippen molar-refractivity contribution in [1.29, 1.82) is 0 Å². The lowest BCUT2D eigenvalue weighted by Crippen LogP contribution is -2.37. The smallest absolute Gasteiger partial charge is 0.150 e. The van der Waals surface area contributed by atoms with Gasteiger partial charge in [0.2, 0.25) is 0 Å². The lowest BCUT2D eigenvalue weighted by molar-refractivity contribution is 0.129. The second-order valence-corrected chi connectivity index (χ2v) is 8.99. The molecule has 0 bridgehead atoms. The Morgan fingerprint density at radius 1 is 1.21 bits per heavy atom. The molecule has 1 saturated carbocycles. The average Bonchev–Trinajstić information content (AvgIpc) is 2.37. The van der Waals surface area contributed by atoms with Crippen LogP contribution in [0.5, 0.6) is 0 Å². The van der Waals surface area contributed by atoms with E-state index >= 15 is 0 Å². The highest BCUT2D eigenvalue weighted by molar-refractivity contribution is 7.91. The van der Waals surface area contributed by atoms with Gasteiger partial charge in [0, 0.05) is 5.75 Å². The summed E-state index contributed by atoms with van der Waals surface area (Å²) in [6.45, 7) is 7.13. The van der Waals surface area contributed by atoms with Crippen LogP contribution in [0.25, 0.3) is 0 Å². The van der Waals surface area contributed by atoms with Gasteiger partial charge >= 0.3 is 0 Å². The van der Waals surface area contributed by atoms with E-state index in [0.29, 0.717) is 24.5 Å². The fraction of sp³-hybridized carbons (Fsp3) is 1.00. The average molecular weight is 289 g/mol. The summed E-state index contributed by atoms with van der Waals surface area (Å²) in [5.41, 5.74) is 6.06. The molecule has 114 valence electrons. The van der Waals surface area contributed by atoms with Crippen LogP contribution in [0.1, 0.15) is 59.3 Å². The van der Waals surface area contributed by atoms with E-state index in [1.165, 1.54) is 12.8 Å². The van der Waals surface area contributed by atoms with E-state index in [-0.39, 0.29) is 5.41 Å². The van der Waals surface area contributed by atoms with E-state index < -0.39 is 9.84 Å². The summed E-state index contributed by atoms with van der Waals surface area (Å²) in [6, 6.07) is 0. The largest absolute Gasteiger partial charge is 0.330 e. The SMILES string of the molecule is CCCS(=O)(=O)CCC1(CN)CCC(C(C)C)CC1. The van der Waals surface area contributed by atoms with Crippen molar-refractivity contribution in [3.63, 3.8) is 0 Å². The lowest BCUT2D eigenvalue weighted by Gasteiger charge is -2.40. The van der Waals surface area contributed by atoms with E-state index in [1.807, 2.05) is 6.92 Å². The van der Waals surface area contributed by atoms with Crippen LogP contribution in [0.15, 0.2) is 0 Å². The number of sulfone groups is 1. The zero-order valence-corrected chi connectivity index (χ0v) is 13.6. The number of hydrogen-bond acceptors (Lipinski definition) is 3. The van der Waals surface area contributed by atoms with Crippen LogP contribution in [0.2, 0.25) is 0 Å². The minimum absolute atomic E-state index is 0.0895. The lowest BCUT2D eigenvalue weighted by atomic mass is 9.67. The highest BCUT2D eigenvalue weighted by Crippen LogP contribution is 2.43. The molecule has 1 aliphatic carbocycles. The van der Waals surface area contributed by atoms with Crippen LogP contribution in [-0.2, 0) is 9.84 Å². The molecule has 3 nitrogen and oxygen atoms in total. The standard InChI is InChI=1S/C15H31NO2S/c1-4-10-19(17,18)11-9-15(12-16)7-5-14(6-8-15)13(2)3/h13-14H,4-12,16H2,1-3H3. The first-order valence-corrected chi connectivity index (χ1v) is 9.57. The first-order valence-electron chi connectivity index (χ1n) is 7.74. The summed E-state index contributed by atoms with van der Waals surface area (Å²) in [6.07, 6.45) is 6.11. The van der Waals surface area contributed by atoms with E-state index in [1.54, 1.807) is 0 Å². The molecule has 0 radical (unpaired) electrons. The molecular formula is C15H31NO2S. The second-order valence-electron chi connectivity index (χ2n) is 6.69. The molecule has 0 aromatic heterocycles. The van der Waals surface area contributed by atoms with Gasteiger partial charge in [-0.2, -0.15) is 0 Å².